The van der Waals surface area contributed by atoms with E-state index in [0.29, 0.717) is 11.8 Å². The molecule has 2 unspecified atom stereocenters. The van der Waals surface area contributed by atoms with Gasteiger partial charge in [-0.15, -0.1) is 0 Å². The van der Waals surface area contributed by atoms with Crippen LogP contribution in [0.3, 0.4) is 0 Å². The van der Waals surface area contributed by atoms with Gasteiger partial charge in [-0.2, -0.15) is 0 Å². The van der Waals surface area contributed by atoms with Gasteiger partial charge in [0.25, 0.3) is 5.91 Å². The highest BCUT2D eigenvalue weighted by atomic mass is 19.1. The van der Waals surface area contributed by atoms with E-state index in [1.54, 1.807) is 0 Å². The maximum absolute atomic E-state index is 13.4. The fourth-order valence-electron chi connectivity index (χ4n) is 2.89. The standard InChI is InChI=1S/C14H19FN2O/c1-9-5-10(2)7-11(6-9)17-14(18)12-3-4-16-8-13(12)15/h3-4,8-11H,5-7H2,1-2H3,(H,17,18). The Labute approximate surface area is 107 Å². The molecule has 1 aromatic heterocycles. The van der Waals surface area contributed by atoms with Crippen molar-refractivity contribution in [1.29, 1.82) is 0 Å². The summed E-state index contributed by atoms with van der Waals surface area (Å²) in [6.07, 6.45) is 5.66. The number of aromatic nitrogens is 1. The number of carbonyl (C=O) groups is 1. The molecule has 0 saturated heterocycles. The van der Waals surface area contributed by atoms with Crippen LogP contribution < -0.4 is 5.32 Å². The Morgan fingerprint density at radius 3 is 2.61 bits per heavy atom. The van der Waals surface area contributed by atoms with E-state index in [9.17, 15) is 9.18 Å². The summed E-state index contributed by atoms with van der Waals surface area (Å²) in [5.74, 6) is 0.329. The van der Waals surface area contributed by atoms with Crippen molar-refractivity contribution >= 4 is 5.91 Å². The quantitative estimate of drug-likeness (QED) is 0.877. The second-order valence-electron chi connectivity index (χ2n) is 5.44. The van der Waals surface area contributed by atoms with E-state index in [1.807, 2.05) is 0 Å². The van der Waals surface area contributed by atoms with Gasteiger partial charge in [0.15, 0.2) is 5.82 Å². The maximum Gasteiger partial charge on any atom is 0.254 e. The van der Waals surface area contributed by atoms with Gasteiger partial charge in [0.1, 0.15) is 0 Å². The lowest BCUT2D eigenvalue weighted by Gasteiger charge is -2.31. The normalized spacial score (nSPS) is 27.8. The topological polar surface area (TPSA) is 42.0 Å². The SMILES string of the molecule is CC1CC(C)CC(NC(=O)c2ccncc2F)C1. The molecule has 98 valence electrons. The molecule has 1 amide bonds. The molecular weight excluding hydrogens is 231 g/mol. The number of rotatable bonds is 2. The average molecular weight is 250 g/mol. The monoisotopic (exact) mass is 250 g/mol. The maximum atomic E-state index is 13.4. The van der Waals surface area contributed by atoms with Gasteiger partial charge >= 0.3 is 0 Å². The summed E-state index contributed by atoms with van der Waals surface area (Å²) in [7, 11) is 0. The number of halogens is 1. The van der Waals surface area contributed by atoms with E-state index >= 15 is 0 Å². The molecule has 1 aliphatic carbocycles. The molecule has 1 N–H and O–H groups in total. The first kappa shape index (κ1) is 13.0. The van der Waals surface area contributed by atoms with Crippen molar-refractivity contribution < 1.29 is 9.18 Å². The lowest BCUT2D eigenvalue weighted by atomic mass is 9.80. The molecule has 0 aromatic carbocycles. The van der Waals surface area contributed by atoms with Crippen LogP contribution in [0, 0.1) is 17.7 Å². The average Bonchev–Trinajstić information content (AvgIpc) is 2.27. The Morgan fingerprint density at radius 1 is 1.33 bits per heavy atom. The summed E-state index contributed by atoms with van der Waals surface area (Å²) in [6.45, 7) is 4.39. The van der Waals surface area contributed by atoms with E-state index < -0.39 is 5.82 Å². The number of nitrogens with zero attached hydrogens (tertiary/aromatic N) is 1. The third kappa shape index (κ3) is 3.06. The number of carbonyl (C=O) groups excluding carboxylic acids is 1. The molecule has 0 spiro atoms. The van der Waals surface area contributed by atoms with Crippen LogP contribution in [0.5, 0.6) is 0 Å². The van der Waals surface area contributed by atoms with Crippen LogP contribution in [0.25, 0.3) is 0 Å². The third-order valence-electron chi connectivity index (χ3n) is 3.53. The molecule has 18 heavy (non-hydrogen) atoms. The lowest BCUT2D eigenvalue weighted by Crippen LogP contribution is -2.40. The predicted octanol–water partition coefficient (Wildman–Crippen LogP) is 2.78. The van der Waals surface area contributed by atoms with Crippen LogP contribution in [-0.2, 0) is 0 Å². The van der Waals surface area contributed by atoms with Crippen molar-refractivity contribution in [3.8, 4) is 0 Å². The Hall–Kier alpha value is -1.45. The van der Waals surface area contributed by atoms with Gasteiger partial charge in [-0.3, -0.25) is 9.78 Å². The van der Waals surface area contributed by atoms with E-state index in [-0.39, 0.29) is 17.5 Å². The first-order valence-electron chi connectivity index (χ1n) is 6.46. The fraction of sp³-hybridized carbons (Fsp3) is 0.571. The van der Waals surface area contributed by atoms with Crippen molar-refractivity contribution in [2.24, 2.45) is 11.8 Å². The summed E-state index contributed by atoms with van der Waals surface area (Å²) >= 11 is 0. The van der Waals surface area contributed by atoms with Crippen molar-refractivity contribution in [2.75, 3.05) is 0 Å². The van der Waals surface area contributed by atoms with Crippen LogP contribution in [0.2, 0.25) is 0 Å². The Morgan fingerprint density at radius 2 is 2.00 bits per heavy atom. The Kier molecular flexibility index (Phi) is 3.94. The zero-order valence-electron chi connectivity index (χ0n) is 10.8. The van der Waals surface area contributed by atoms with Crippen molar-refractivity contribution in [3.63, 3.8) is 0 Å². The van der Waals surface area contributed by atoms with Gasteiger partial charge in [0, 0.05) is 12.2 Å². The molecule has 0 bridgehead atoms. The molecule has 1 aromatic rings. The van der Waals surface area contributed by atoms with Gasteiger partial charge in [-0.05, 0) is 37.2 Å². The molecular formula is C14H19FN2O. The zero-order valence-corrected chi connectivity index (χ0v) is 10.8. The Bertz CT molecular complexity index is 426. The van der Waals surface area contributed by atoms with Crippen LogP contribution >= 0.6 is 0 Å². The molecule has 1 heterocycles. The minimum atomic E-state index is -0.563. The number of hydrogen-bond donors (Lipinski definition) is 1. The number of hydrogen-bond acceptors (Lipinski definition) is 2. The van der Waals surface area contributed by atoms with Crippen molar-refractivity contribution in [1.82, 2.24) is 10.3 Å². The summed E-state index contributed by atoms with van der Waals surface area (Å²) in [5, 5.41) is 2.93. The first-order valence-corrected chi connectivity index (χ1v) is 6.46. The summed E-state index contributed by atoms with van der Waals surface area (Å²) in [6, 6.07) is 1.57. The highest BCUT2D eigenvalue weighted by Crippen LogP contribution is 2.28. The third-order valence-corrected chi connectivity index (χ3v) is 3.53. The molecule has 0 radical (unpaired) electrons. The van der Waals surface area contributed by atoms with Crippen LogP contribution in [-0.4, -0.2) is 16.9 Å². The molecule has 1 aliphatic rings. The zero-order chi connectivity index (χ0) is 13.1. The molecule has 2 atom stereocenters. The second-order valence-corrected chi connectivity index (χ2v) is 5.44. The van der Waals surface area contributed by atoms with Crippen LogP contribution in [0.15, 0.2) is 18.5 Å². The number of pyridine rings is 1. The van der Waals surface area contributed by atoms with E-state index in [0.717, 1.165) is 19.0 Å². The molecule has 1 saturated carbocycles. The highest BCUT2D eigenvalue weighted by molar-refractivity contribution is 5.94. The molecule has 1 fully saturated rings. The van der Waals surface area contributed by atoms with Crippen LogP contribution in [0.4, 0.5) is 4.39 Å². The van der Waals surface area contributed by atoms with Gasteiger partial charge in [0.2, 0.25) is 0 Å². The smallest absolute Gasteiger partial charge is 0.254 e. The van der Waals surface area contributed by atoms with Crippen molar-refractivity contribution in [2.45, 2.75) is 39.2 Å². The van der Waals surface area contributed by atoms with Gasteiger partial charge in [-0.25, -0.2) is 4.39 Å². The summed E-state index contributed by atoms with van der Waals surface area (Å²) in [5.41, 5.74) is 0.0795. The van der Waals surface area contributed by atoms with Gasteiger partial charge in [0.05, 0.1) is 11.8 Å². The van der Waals surface area contributed by atoms with Gasteiger partial charge < -0.3 is 5.32 Å². The van der Waals surface area contributed by atoms with E-state index in [4.69, 9.17) is 0 Å². The highest BCUT2D eigenvalue weighted by Gasteiger charge is 2.25. The minimum absolute atomic E-state index is 0.0795. The lowest BCUT2D eigenvalue weighted by molar-refractivity contribution is 0.0907. The van der Waals surface area contributed by atoms with Crippen LogP contribution in [0.1, 0.15) is 43.5 Å². The largest absolute Gasteiger partial charge is 0.349 e. The van der Waals surface area contributed by atoms with E-state index in [1.165, 1.54) is 18.7 Å². The second kappa shape index (κ2) is 5.46. The summed E-state index contributed by atoms with van der Waals surface area (Å²) < 4.78 is 13.4. The van der Waals surface area contributed by atoms with E-state index in [2.05, 4.69) is 24.1 Å². The Balaban J connectivity index is 2.01. The summed E-state index contributed by atoms with van der Waals surface area (Å²) in [4.78, 5) is 15.6. The van der Waals surface area contributed by atoms with Gasteiger partial charge in [-0.1, -0.05) is 13.8 Å². The molecule has 2 rings (SSSR count). The first-order chi connectivity index (χ1) is 8.56. The number of nitrogens with one attached hydrogen (secondary N) is 1. The van der Waals surface area contributed by atoms with Crippen molar-refractivity contribution in [3.05, 3.63) is 29.8 Å². The number of amides is 1. The fourth-order valence-corrected chi connectivity index (χ4v) is 2.89. The molecule has 3 nitrogen and oxygen atoms in total. The minimum Gasteiger partial charge on any atom is -0.349 e. The predicted molar refractivity (Wildman–Crippen MR) is 67.6 cm³/mol. The molecule has 0 aliphatic heterocycles. The molecule has 4 heteroatoms.